The summed E-state index contributed by atoms with van der Waals surface area (Å²) in [5.74, 6) is 2.61. The van der Waals surface area contributed by atoms with Gasteiger partial charge in [0.15, 0.2) is 0 Å². The first-order valence-corrected chi connectivity index (χ1v) is 8.17. The van der Waals surface area contributed by atoms with Crippen LogP contribution in [0.15, 0.2) is 30.9 Å². The highest BCUT2D eigenvalue weighted by molar-refractivity contribution is 5.78. The Balaban J connectivity index is 2.02. The largest absolute Gasteiger partial charge is 0.491 e. The number of imidazole rings is 1. The molecule has 0 amide bonds. The van der Waals surface area contributed by atoms with Crippen LogP contribution < -0.4 is 10.1 Å². The number of nitrogens with one attached hydrogen (secondary N) is 1. The molecule has 0 bridgehead atoms. The summed E-state index contributed by atoms with van der Waals surface area (Å²) in [6, 6.07) is 6.21. The lowest BCUT2D eigenvalue weighted by Crippen LogP contribution is -2.28. The Morgan fingerprint density at radius 1 is 1.41 bits per heavy atom. The summed E-state index contributed by atoms with van der Waals surface area (Å²) < 4.78 is 8.10. The van der Waals surface area contributed by atoms with Crippen LogP contribution in [0, 0.1) is 0 Å². The minimum atomic E-state index is 0.177. The molecule has 1 aromatic carbocycles. The van der Waals surface area contributed by atoms with Crippen LogP contribution in [0.2, 0.25) is 0 Å². The third kappa shape index (κ3) is 3.02. The number of aromatic nitrogens is 2. The van der Waals surface area contributed by atoms with E-state index in [1.165, 1.54) is 11.3 Å². The van der Waals surface area contributed by atoms with Crippen LogP contribution in [-0.2, 0) is 6.54 Å². The van der Waals surface area contributed by atoms with Gasteiger partial charge in [0, 0.05) is 18.5 Å². The number of piperidine rings is 1. The highest BCUT2D eigenvalue weighted by atomic mass is 16.5. The molecule has 0 aliphatic carbocycles. The summed E-state index contributed by atoms with van der Waals surface area (Å²) in [5.41, 5.74) is 2.19. The molecule has 0 radical (unpaired) electrons. The maximum Gasteiger partial charge on any atom is 0.121 e. The molecule has 0 unspecified atom stereocenters. The molecule has 1 fully saturated rings. The average molecular weight is 299 g/mol. The lowest BCUT2D eigenvalue weighted by Gasteiger charge is -2.22. The predicted molar refractivity (Wildman–Crippen MR) is 90.5 cm³/mol. The standard InChI is InChI=1S/C18H25N3O/c1-4-11-21-17-6-5-15(22-13(2)3)12-16(17)20-18(21)14-7-9-19-10-8-14/h4-6,12-14,19H,1,7-11H2,2-3H3. The van der Waals surface area contributed by atoms with Gasteiger partial charge in [0.05, 0.1) is 17.1 Å². The minimum absolute atomic E-state index is 0.177. The third-order valence-corrected chi connectivity index (χ3v) is 4.14. The zero-order valence-corrected chi connectivity index (χ0v) is 13.5. The molecule has 118 valence electrons. The van der Waals surface area contributed by atoms with Gasteiger partial charge in [-0.25, -0.2) is 4.98 Å². The fourth-order valence-electron chi connectivity index (χ4n) is 3.19. The van der Waals surface area contributed by atoms with Crippen LogP contribution in [0.5, 0.6) is 5.75 Å². The van der Waals surface area contributed by atoms with Crippen molar-refractivity contribution in [2.24, 2.45) is 0 Å². The molecule has 4 heteroatoms. The van der Waals surface area contributed by atoms with E-state index in [1.807, 2.05) is 26.0 Å². The van der Waals surface area contributed by atoms with Crippen LogP contribution in [0.4, 0.5) is 0 Å². The number of ether oxygens (including phenoxy) is 1. The van der Waals surface area contributed by atoms with E-state index < -0.39 is 0 Å². The molecule has 0 saturated carbocycles. The van der Waals surface area contributed by atoms with E-state index in [1.54, 1.807) is 0 Å². The Kier molecular flexibility index (Phi) is 4.48. The normalized spacial score (nSPS) is 16.3. The lowest BCUT2D eigenvalue weighted by molar-refractivity contribution is 0.242. The predicted octanol–water partition coefficient (Wildman–Crippen LogP) is 3.48. The molecule has 3 rings (SSSR count). The van der Waals surface area contributed by atoms with Crippen molar-refractivity contribution in [2.75, 3.05) is 13.1 Å². The fourth-order valence-corrected chi connectivity index (χ4v) is 3.19. The molecule has 4 nitrogen and oxygen atoms in total. The summed E-state index contributed by atoms with van der Waals surface area (Å²) in [4.78, 5) is 4.93. The Morgan fingerprint density at radius 2 is 2.18 bits per heavy atom. The Hall–Kier alpha value is -1.81. The van der Waals surface area contributed by atoms with Crippen LogP contribution >= 0.6 is 0 Å². The summed E-state index contributed by atoms with van der Waals surface area (Å²) in [5, 5.41) is 3.42. The number of allylic oxidation sites excluding steroid dienone is 1. The Morgan fingerprint density at radius 3 is 2.86 bits per heavy atom. The molecule has 22 heavy (non-hydrogen) atoms. The summed E-state index contributed by atoms with van der Waals surface area (Å²) in [7, 11) is 0. The van der Waals surface area contributed by atoms with Crippen molar-refractivity contribution >= 4 is 11.0 Å². The Bertz CT molecular complexity index is 654. The van der Waals surface area contributed by atoms with E-state index in [0.29, 0.717) is 5.92 Å². The van der Waals surface area contributed by atoms with Crippen molar-refractivity contribution in [1.29, 1.82) is 0 Å². The van der Waals surface area contributed by atoms with Gasteiger partial charge in [-0.3, -0.25) is 0 Å². The van der Waals surface area contributed by atoms with Crippen LogP contribution in [-0.4, -0.2) is 28.7 Å². The molecule has 2 aromatic rings. The van der Waals surface area contributed by atoms with Crippen LogP contribution in [0.3, 0.4) is 0 Å². The van der Waals surface area contributed by atoms with E-state index in [-0.39, 0.29) is 6.10 Å². The first-order valence-electron chi connectivity index (χ1n) is 8.17. The van der Waals surface area contributed by atoms with Gasteiger partial charge in [-0.1, -0.05) is 6.08 Å². The second-order valence-electron chi connectivity index (χ2n) is 6.21. The van der Waals surface area contributed by atoms with Gasteiger partial charge in [0.2, 0.25) is 0 Å². The highest BCUT2D eigenvalue weighted by Crippen LogP contribution is 2.30. The fraction of sp³-hybridized carbons (Fsp3) is 0.500. The van der Waals surface area contributed by atoms with E-state index in [2.05, 4.69) is 28.6 Å². The highest BCUT2D eigenvalue weighted by Gasteiger charge is 2.22. The Labute approximate surface area is 132 Å². The maximum absolute atomic E-state index is 5.80. The maximum atomic E-state index is 5.80. The number of hydrogen-bond donors (Lipinski definition) is 1. The molecule has 2 heterocycles. The van der Waals surface area contributed by atoms with E-state index in [0.717, 1.165) is 43.7 Å². The zero-order chi connectivity index (χ0) is 15.5. The molecular formula is C18H25N3O. The third-order valence-electron chi connectivity index (χ3n) is 4.14. The van der Waals surface area contributed by atoms with Gasteiger partial charge in [-0.05, 0) is 51.9 Å². The first-order chi connectivity index (χ1) is 10.7. The number of fused-ring (bicyclic) bond motifs is 1. The lowest BCUT2D eigenvalue weighted by atomic mass is 9.97. The van der Waals surface area contributed by atoms with Gasteiger partial charge in [0.1, 0.15) is 11.6 Å². The molecular weight excluding hydrogens is 274 g/mol. The number of nitrogens with zero attached hydrogens (tertiary/aromatic N) is 2. The van der Waals surface area contributed by atoms with Crippen molar-refractivity contribution in [1.82, 2.24) is 14.9 Å². The number of rotatable bonds is 5. The first kappa shape index (κ1) is 15.1. The van der Waals surface area contributed by atoms with Crippen molar-refractivity contribution in [3.8, 4) is 5.75 Å². The van der Waals surface area contributed by atoms with Crippen LogP contribution in [0.25, 0.3) is 11.0 Å². The summed E-state index contributed by atoms with van der Waals surface area (Å²) >= 11 is 0. The molecule has 1 saturated heterocycles. The van der Waals surface area contributed by atoms with Crippen LogP contribution in [0.1, 0.15) is 38.4 Å². The van der Waals surface area contributed by atoms with Gasteiger partial charge in [-0.15, -0.1) is 6.58 Å². The molecule has 0 atom stereocenters. The van der Waals surface area contributed by atoms with Crippen molar-refractivity contribution in [2.45, 2.75) is 45.3 Å². The van der Waals surface area contributed by atoms with E-state index in [9.17, 15) is 0 Å². The average Bonchev–Trinajstić information content (AvgIpc) is 2.86. The molecule has 0 spiro atoms. The number of hydrogen-bond acceptors (Lipinski definition) is 3. The van der Waals surface area contributed by atoms with Crippen molar-refractivity contribution in [3.05, 3.63) is 36.7 Å². The van der Waals surface area contributed by atoms with Crippen molar-refractivity contribution in [3.63, 3.8) is 0 Å². The molecule has 1 aliphatic heterocycles. The molecule has 1 aliphatic rings. The van der Waals surface area contributed by atoms with E-state index in [4.69, 9.17) is 9.72 Å². The van der Waals surface area contributed by atoms with Crippen molar-refractivity contribution < 1.29 is 4.74 Å². The summed E-state index contributed by atoms with van der Waals surface area (Å²) in [6.45, 7) is 10.9. The van der Waals surface area contributed by atoms with Gasteiger partial charge in [-0.2, -0.15) is 0 Å². The quantitative estimate of drug-likeness (QED) is 0.859. The van der Waals surface area contributed by atoms with E-state index >= 15 is 0 Å². The van der Waals surface area contributed by atoms with Gasteiger partial charge in [0.25, 0.3) is 0 Å². The molecule has 1 N–H and O–H groups in total. The second kappa shape index (κ2) is 6.53. The number of benzene rings is 1. The molecule has 1 aromatic heterocycles. The second-order valence-corrected chi connectivity index (χ2v) is 6.21. The van der Waals surface area contributed by atoms with Gasteiger partial charge >= 0.3 is 0 Å². The topological polar surface area (TPSA) is 39.1 Å². The SMILES string of the molecule is C=CCn1c(C2CCNCC2)nc2cc(OC(C)C)ccc21. The van der Waals surface area contributed by atoms with Gasteiger partial charge < -0.3 is 14.6 Å². The monoisotopic (exact) mass is 299 g/mol. The zero-order valence-electron chi connectivity index (χ0n) is 13.5. The minimum Gasteiger partial charge on any atom is -0.491 e. The summed E-state index contributed by atoms with van der Waals surface area (Å²) in [6.07, 6.45) is 4.42. The smallest absolute Gasteiger partial charge is 0.121 e.